The van der Waals surface area contributed by atoms with Crippen LogP contribution in [0.3, 0.4) is 0 Å². The summed E-state index contributed by atoms with van der Waals surface area (Å²) in [6.07, 6.45) is 1.32. The van der Waals surface area contributed by atoms with Crippen LogP contribution in [-0.4, -0.2) is 37.2 Å². The van der Waals surface area contributed by atoms with Crippen LogP contribution in [0.25, 0.3) is 0 Å². The Balaban J connectivity index is 1.95. The van der Waals surface area contributed by atoms with E-state index in [1.165, 1.54) is 11.1 Å². The molecule has 0 spiro atoms. The summed E-state index contributed by atoms with van der Waals surface area (Å²) < 4.78 is 5.96. The van der Waals surface area contributed by atoms with Gasteiger partial charge in [-0.2, -0.15) is 0 Å². The summed E-state index contributed by atoms with van der Waals surface area (Å²) in [4.78, 5) is 2.35. The molecular formula is C14H22N2O. The number of nitrogens with two attached hydrogens (primary N) is 1. The zero-order valence-electron chi connectivity index (χ0n) is 10.8. The Bertz CT molecular complexity index is 378. The van der Waals surface area contributed by atoms with Crippen LogP contribution in [0.15, 0.2) is 18.2 Å². The van der Waals surface area contributed by atoms with Gasteiger partial charge in [0.1, 0.15) is 11.9 Å². The minimum Gasteiger partial charge on any atom is -0.488 e. The highest BCUT2D eigenvalue weighted by molar-refractivity contribution is 5.40. The fraction of sp³-hybridized carbons (Fsp3) is 0.571. The maximum Gasteiger partial charge on any atom is 0.123 e. The molecule has 2 N–H and O–H groups in total. The molecule has 0 aromatic heterocycles. The summed E-state index contributed by atoms with van der Waals surface area (Å²) in [7, 11) is 0. The van der Waals surface area contributed by atoms with Gasteiger partial charge in [-0.1, -0.05) is 24.6 Å². The topological polar surface area (TPSA) is 38.5 Å². The first-order valence-electron chi connectivity index (χ1n) is 6.41. The second-order valence-corrected chi connectivity index (χ2v) is 4.74. The fourth-order valence-corrected chi connectivity index (χ4v) is 2.40. The van der Waals surface area contributed by atoms with Crippen LogP contribution < -0.4 is 10.5 Å². The van der Waals surface area contributed by atoms with Gasteiger partial charge in [-0.3, -0.25) is 4.90 Å². The molecule has 1 aromatic rings. The van der Waals surface area contributed by atoms with Crippen LogP contribution in [0, 0.1) is 6.92 Å². The first-order chi connectivity index (χ1) is 8.22. The van der Waals surface area contributed by atoms with Crippen LogP contribution in [0.5, 0.6) is 5.75 Å². The molecule has 3 heteroatoms. The van der Waals surface area contributed by atoms with Gasteiger partial charge in [0.25, 0.3) is 0 Å². The summed E-state index contributed by atoms with van der Waals surface area (Å²) >= 11 is 0. The third-order valence-corrected chi connectivity index (χ3v) is 3.31. The molecule has 94 valence electrons. The van der Waals surface area contributed by atoms with Crippen LogP contribution in [0.4, 0.5) is 0 Å². The lowest BCUT2D eigenvalue weighted by Crippen LogP contribution is -2.37. The van der Waals surface area contributed by atoms with Crippen molar-refractivity contribution in [1.82, 2.24) is 4.90 Å². The molecule has 0 amide bonds. The van der Waals surface area contributed by atoms with Gasteiger partial charge in [-0.25, -0.2) is 0 Å². The summed E-state index contributed by atoms with van der Waals surface area (Å²) in [5, 5.41) is 0. The summed E-state index contributed by atoms with van der Waals surface area (Å²) in [5.74, 6) is 1.06. The molecule has 3 nitrogen and oxygen atoms in total. The maximum absolute atomic E-state index is 5.96. The van der Waals surface area contributed by atoms with E-state index in [2.05, 4.69) is 36.9 Å². The van der Waals surface area contributed by atoms with Crippen molar-refractivity contribution >= 4 is 0 Å². The lowest BCUT2D eigenvalue weighted by molar-refractivity contribution is 0.157. The van der Waals surface area contributed by atoms with Crippen LogP contribution in [0.1, 0.15) is 18.1 Å². The van der Waals surface area contributed by atoms with E-state index in [0.717, 1.165) is 31.8 Å². The predicted molar refractivity (Wildman–Crippen MR) is 70.5 cm³/mol. The van der Waals surface area contributed by atoms with Crippen LogP contribution >= 0.6 is 0 Å². The Kier molecular flexibility index (Phi) is 4.02. The fourth-order valence-electron chi connectivity index (χ4n) is 2.40. The SMILES string of the molecule is CCN(CCN)CC1Cc2cc(C)ccc2O1. The van der Waals surface area contributed by atoms with Gasteiger partial charge in [0.15, 0.2) is 0 Å². The smallest absolute Gasteiger partial charge is 0.123 e. The van der Waals surface area contributed by atoms with Crippen LogP contribution in [0.2, 0.25) is 0 Å². The molecule has 0 aliphatic carbocycles. The van der Waals surface area contributed by atoms with E-state index in [-0.39, 0.29) is 0 Å². The lowest BCUT2D eigenvalue weighted by Gasteiger charge is -2.22. The van der Waals surface area contributed by atoms with E-state index in [9.17, 15) is 0 Å². The van der Waals surface area contributed by atoms with Gasteiger partial charge in [-0.15, -0.1) is 0 Å². The van der Waals surface area contributed by atoms with E-state index in [4.69, 9.17) is 10.5 Å². The molecule has 1 heterocycles. The van der Waals surface area contributed by atoms with Gasteiger partial charge in [0, 0.05) is 26.1 Å². The first-order valence-corrected chi connectivity index (χ1v) is 6.41. The monoisotopic (exact) mass is 234 g/mol. The molecule has 1 unspecified atom stereocenters. The average molecular weight is 234 g/mol. The molecular weight excluding hydrogens is 212 g/mol. The second-order valence-electron chi connectivity index (χ2n) is 4.74. The molecule has 1 aliphatic heterocycles. The summed E-state index contributed by atoms with van der Waals surface area (Å²) in [6, 6.07) is 6.43. The number of likely N-dealkylation sites (N-methyl/N-ethyl adjacent to an activating group) is 1. The number of ether oxygens (including phenoxy) is 1. The minimum atomic E-state index is 0.290. The van der Waals surface area contributed by atoms with Gasteiger partial charge >= 0.3 is 0 Å². The quantitative estimate of drug-likeness (QED) is 0.840. The van der Waals surface area contributed by atoms with Crippen molar-refractivity contribution in [1.29, 1.82) is 0 Å². The molecule has 0 saturated heterocycles. The third kappa shape index (κ3) is 2.99. The number of hydrogen-bond acceptors (Lipinski definition) is 3. The zero-order chi connectivity index (χ0) is 12.3. The van der Waals surface area contributed by atoms with E-state index >= 15 is 0 Å². The van der Waals surface area contributed by atoms with Crippen molar-refractivity contribution in [2.45, 2.75) is 26.4 Å². The Morgan fingerprint density at radius 2 is 2.29 bits per heavy atom. The van der Waals surface area contributed by atoms with E-state index in [1.54, 1.807) is 0 Å². The summed E-state index contributed by atoms with van der Waals surface area (Å²) in [6.45, 7) is 7.97. The molecule has 17 heavy (non-hydrogen) atoms. The highest BCUT2D eigenvalue weighted by atomic mass is 16.5. The molecule has 1 aromatic carbocycles. The van der Waals surface area contributed by atoms with Crippen molar-refractivity contribution in [3.63, 3.8) is 0 Å². The second kappa shape index (κ2) is 5.52. The van der Waals surface area contributed by atoms with Gasteiger partial charge in [0.2, 0.25) is 0 Å². The Labute approximate surface area is 104 Å². The standard InChI is InChI=1S/C14H22N2O/c1-3-16(7-6-15)10-13-9-12-8-11(2)4-5-14(12)17-13/h4-5,8,13H,3,6-7,9-10,15H2,1-2H3. The molecule has 1 atom stereocenters. The molecule has 0 fully saturated rings. The first kappa shape index (κ1) is 12.4. The van der Waals surface area contributed by atoms with Crippen molar-refractivity contribution in [3.8, 4) is 5.75 Å². The van der Waals surface area contributed by atoms with E-state index in [0.29, 0.717) is 12.6 Å². The molecule has 0 bridgehead atoms. The number of hydrogen-bond donors (Lipinski definition) is 1. The molecule has 2 rings (SSSR count). The van der Waals surface area contributed by atoms with E-state index in [1.807, 2.05) is 0 Å². The minimum absolute atomic E-state index is 0.290. The number of rotatable bonds is 5. The number of nitrogens with zero attached hydrogens (tertiary/aromatic N) is 1. The van der Waals surface area contributed by atoms with Crippen molar-refractivity contribution in [2.75, 3.05) is 26.2 Å². The van der Waals surface area contributed by atoms with Gasteiger partial charge in [0.05, 0.1) is 0 Å². The average Bonchev–Trinajstić information content (AvgIpc) is 2.69. The molecule has 1 aliphatic rings. The Morgan fingerprint density at radius 1 is 1.47 bits per heavy atom. The van der Waals surface area contributed by atoms with Crippen molar-refractivity contribution in [2.24, 2.45) is 5.73 Å². The van der Waals surface area contributed by atoms with Crippen molar-refractivity contribution < 1.29 is 4.74 Å². The summed E-state index contributed by atoms with van der Waals surface area (Å²) in [5.41, 5.74) is 8.25. The normalized spacial score (nSPS) is 18.2. The van der Waals surface area contributed by atoms with Gasteiger partial charge in [-0.05, 0) is 25.1 Å². The number of fused-ring (bicyclic) bond motifs is 1. The largest absolute Gasteiger partial charge is 0.488 e. The van der Waals surface area contributed by atoms with Crippen molar-refractivity contribution in [3.05, 3.63) is 29.3 Å². The Hall–Kier alpha value is -1.06. The molecule has 0 saturated carbocycles. The highest BCUT2D eigenvalue weighted by Crippen LogP contribution is 2.29. The maximum atomic E-state index is 5.96. The third-order valence-electron chi connectivity index (χ3n) is 3.31. The van der Waals surface area contributed by atoms with Crippen LogP contribution in [-0.2, 0) is 6.42 Å². The molecule has 0 radical (unpaired) electrons. The van der Waals surface area contributed by atoms with E-state index < -0.39 is 0 Å². The zero-order valence-corrected chi connectivity index (χ0v) is 10.8. The van der Waals surface area contributed by atoms with Gasteiger partial charge < -0.3 is 10.5 Å². The number of benzene rings is 1. The highest BCUT2D eigenvalue weighted by Gasteiger charge is 2.24. The lowest BCUT2D eigenvalue weighted by atomic mass is 10.1. The predicted octanol–water partition coefficient (Wildman–Crippen LogP) is 1.58. The Morgan fingerprint density at radius 3 is 3.00 bits per heavy atom. The number of aryl methyl sites for hydroxylation is 1.